The first-order chi connectivity index (χ1) is 12.5. The predicted octanol–water partition coefficient (Wildman–Crippen LogP) is 6.02. The van der Waals surface area contributed by atoms with E-state index >= 15 is 0 Å². The van der Waals surface area contributed by atoms with Crippen LogP contribution in [0.4, 0.5) is 0 Å². The zero-order chi connectivity index (χ0) is 18.4. The van der Waals surface area contributed by atoms with Crippen molar-refractivity contribution in [2.75, 3.05) is 0 Å². The Labute approximate surface area is 160 Å². The van der Waals surface area contributed by atoms with Crippen molar-refractivity contribution in [3.8, 4) is 0 Å². The van der Waals surface area contributed by atoms with Crippen LogP contribution in [-0.2, 0) is 12.3 Å². The standard InChI is InChI=1S/C23H26N2S/c1-23(2,3)25-22(24-16-18-10-5-4-6-11-18)26-17-20-14-9-13-19-12-7-8-15-21(19)20/h4-15H,16-17H2,1-3H3,(H,24,25). The van der Waals surface area contributed by atoms with Crippen molar-refractivity contribution in [3.63, 3.8) is 0 Å². The molecular formula is C23H26N2S. The molecule has 26 heavy (non-hydrogen) atoms. The van der Waals surface area contributed by atoms with E-state index < -0.39 is 0 Å². The molecule has 0 amide bonds. The number of thioether (sulfide) groups is 1. The third-order valence-corrected chi connectivity index (χ3v) is 4.93. The number of nitrogens with one attached hydrogen (secondary N) is 1. The number of amidine groups is 1. The number of aliphatic imine (C=N–C) groups is 1. The Balaban J connectivity index is 1.74. The molecule has 1 N–H and O–H groups in total. The molecule has 0 unspecified atom stereocenters. The highest BCUT2D eigenvalue weighted by Gasteiger charge is 2.11. The van der Waals surface area contributed by atoms with E-state index in [1.165, 1.54) is 21.9 Å². The van der Waals surface area contributed by atoms with E-state index in [4.69, 9.17) is 4.99 Å². The van der Waals surface area contributed by atoms with Crippen LogP contribution >= 0.6 is 11.8 Å². The molecule has 0 bridgehead atoms. The van der Waals surface area contributed by atoms with Gasteiger partial charge in [-0.3, -0.25) is 4.99 Å². The zero-order valence-electron chi connectivity index (χ0n) is 15.7. The van der Waals surface area contributed by atoms with Crippen molar-refractivity contribution in [1.82, 2.24) is 5.32 Å². The second-order valence-corrected chi connectivity index (χ2v) is 8.32. The molecule has 0 aliphatic heterocycles. The van der Waals surface area contributed by atoms with Crippen molar-refractivity contribution in [2.45, 2.75) is 38.6 Å². The van der Waals surface area contributed by atoms with Gasteiger partial charge in [0.25, 0.3) is 0 Å². The molecule has 0 saturated carbocycles. The van der Waals surface area contributed by atoms with Crippen molar-refractivity contribution >= 4 is 27.7 Å². The first-order valence-corrected chi connectivity index (χ1v) is 9.97. The lowest BCUT2D eigenvalue weighted by molar-refractivity contribution is 0.581. The lowest BCUT2D eigenvalue weighted by Gasteiger charge is -2.17. The summed E-state index contributed by atoms with van der Waals surface area (Å²) in [5, 5.41) is 7.13. The van der Waals surface area contributed by atoms with Gasteiger partial charge in [0.1, 0.15) is 0 Å². The monoisotopic (exact) mass is 362 g/mol. The maximum atomic E-state index is 4.89. The van der Waals surface area contributed by atoms with Crippen LogP contribution in [0, 0.1) is 0 Å². The van der Waals surface area contributed by atoms with Gasteiger partial charge in [-0.1, -0.05) is 84.6 Å². The second kappa shape index (κ2) is 8.41. The summed E-state index contributed by atoms with van der Waals surface area (Å²) in [7, 11) is 0. The molecule has 0 atom stereocenters. The van der Waals surface area contributed by atoms with Crippen molar-refractivity contribution in [1.29, 1.82) is 0 Å². The van der Waals surface area contributed by atoms with E-state index in [0.717, 1.165) is 17.5 Å². The number of rotatable bonds is 4. The maximum absolute atomic E-state index is 4.89. The van der Waals surface area contributed by atoms with Crippen LogP contribution in [0.15, 0.2) is 77.8 Å². The minimum absolute atomic E-state index is 0.106. The quantitative estimate of drug-likeness (QED) is 0.453. The van der Waals surface area contributed by atoms with Crippen molar-refractivity contribution in [2.24, 2.45) is 4.99 Å². The minimum atomic E-state index is -0.106. The predicted molar refractivity (Wildman–Crippen MR) is 116 cm³/mol. The summed E-state index contributed by atoms with van der Waals surface area (Å²) in [6, 6.07) is 25.5. The Morgan fingerprint density at radius 1 is 0.885 bits per heavy atom. The Hall–Kier alpha value is -2.26. The molecule has 0 heterocycles. The number of benzene rings is 3. The fraction of sp³-hybridized carbons (Fsp3) is 0.261. The molecule has 0 aliphatic carbocycles. The molecule has 3 rings (SSSR count). The number of hydrogen-bond acceptors (Lipinski definition) is 2. The minimum Gasteiger partial charge on any atom is -0.361 e. The average molecular weight is 363 g/mol. The van der Waals surface area contributed by atoms with Gasteiger partial charge in [-0.25, -0.2) is 0 Å². The van der Waals surface area contributed by atoms with Crippen LogP contribution in [0.5, 0.6) is 0 Å². The summed E-state index contributed by atoms with van der Waals surface area (Å²) in [4.78, 5) is 4.89. The molecule has 3 aromatic rings. The Morgan fingerprint density at radius 3 is 2.35 bits per heavy atom. The molecule has 134 valence electrons. The van der Waals surface area contributed by atoms with Crippen molar-refractivity contribution < 1.29 is 0 Å². The molecule has 0 radical (unpaired) electrons. The molecular weight excluding hydrogens is 336 g/mol. The molecule has 0 aromatic heterocycles. The smallest absolute Gasteiger partial charge is 0.157 e. The summed E-state index contributed by atoms with van der Waals surface area (Å²) in [5.74, 6) is 0.901. The van der Waals surface area contributed by atoms with E-state index in [-0.39, 0.29) is 5.54 Å². The Bertz CT molecular complexity index is 874. The second-order valence-electron chi connectivity index (χ2n) is 7.35. The molecule has 0 aliphatic rings. The van der Waals surface area contributed by atoms with Crippen LogP contribution in [0.2, 0.25) is 0 Å². The van der Waals surface area contributed by atoms with Crippen LogP contribution in [-0.4, -0.2) is 10.7 Å². The molecule has 0 saturated heterocycles. The van der Waals surface area contributed by atoms with E-state index in [9.17, 15) is 0 Å². The number of nitrogens with zero attached hydrogens (tertiary/aromatic N) is 1. The molecule has 3 aromatic carbocycles. The third kappa shape index (κ3) is 5.37. The average Bonchev–Trinajstić information content (AvgIpc) is 2.64. The maximum Gasteiger partial charge on any atom is 0.157 e. The highest BCUT2D eigenvalue weighted by atomic mass is 32.2. The van der Waals surface area contributed by atoms with Gasteiger partial charge in [-0.2, -0.15) is 0 Å². The zero-order valence-corrected chi connectivity index (χ0v) is 16.5. The SMILES string of the molecule is CC(C)(C)/N=C(\NCc1ccccc1)SCc1cccc2ccccc12. The fourth-order valence-electron chi connectivity index (χ4n) is 2.77. The number of fused-ring (bicyclic) bond motifs is 1. The molecule has 3 heteroatoms. The first-order valence-electron chi connectivity index (χ1n) is 8.98. The van der Waals surface area contributed by atoms with Gasteiger partial charge in [-0.05, 0) is 42.7 Å². The Morgan fingerprint density at radius 2 is 1.58 bits per heavy atom. The molecule has 2 nitrogen and oxygen atoms in total. The lowest BCUT2D eigenvalue weighted by atomic mass is 10.1. The highest BCUT2D eigenvalue weighted by molar-refractivity contribution is 8.13. The molecule has 0 spiro atoms. The van der Waals surface area contributed by atoms with Crippen LogP contribution < -0.4 is 5.32 Å². The summed E-state index contributed by atoms with van der Waals surface area (Å²) >= 11 is 1.77. The van der Waals surface area contributed by atoms with E-state index in [2.05, 4.69) is 92.8 Å². The van der Waals surface area contributed by atoms with E-state index in [1.807, 2.05) is 6.07 Å². The van der Waals surface area contributed by atoms with Crippen LogP contribution in [0.3, 0.4) is 0 Å². The first kappa shape index (κ1) is 18.5. The van der Waals surface area contributed by atoms with Crippen molar-refractivity contribution in [3.05, 3.63) is 83.9 Å². The Kier molecular flexibility index (Phi) is 6.00. The summed E-state index contributed by atoms with van der Waals surface area (Å²) in [6.45, 7) is 7.19. The van der Waals surface area contributed by atoms with E-state index in [0.29, 0.717) is 0 Å². The van der Waals surface area contributed by atoms with Gasteiger partial charge in [0.2, 0.25) is 0 Å². The van der Waals surface area contributed by atoms with Gasteiger partial charge in [0.15, 0.2) is 5.17 Å². The van der Waals surface area contributed by atoms with Gasteiger partial charge in [-0.15, -0.1) is 0 Å². The lowest BCUT2D eigenvalue weighted by Crippen LogP contribution is -2.24. The highest BCUT2D eigenvalue weighted by Crippen LogP contribution is 2.24. The fourth-order valence-corrected chi connectivity index (χ4v) is 3.82. The number of hydrogen-bond donors (Lipinski definition) is 1. The normalized spacial score (nSPS) is 12.3. The van der Waals surface area contributed by atoms with Gasteiger partial charge in [0.05, 0.1) is 5.54 Å². The third-order valence-electron chi connectivity index (χ3n) is 3.97. The van der Waals surface area contributed by atoms with Gasteiger partial charge < -0.3 is 5.32 Å². The summed E-state index contributed by atoms with van der Waals surface area (Å²) < 4.78 is 0. The van der Waals surface area contributed by atoms with Gasteiger partial charge in [0, 0.05) is 12.3 Å². The summed E-state index contributed by atoms with van der Waals surface area (Å²) in [6.07, 6.45) is 0. The molecule has 0 fully saturated rings. The largest absolute Gasteiger partial charge is 0.361 e. The van der Waals surface area contributed by atoms with E-state index in [1.54, 1.807) is 11.8 Å². The summed E-state index contributed by atoms with van der Waals surface area (Å²) in [5.41, 5.74) is 2.50. The topological polar surface area (TPSA) is 24.4 Å². The van der Waals surface area contributed by atoms with Gasteiger partial charge >= 0.3 is 0 Å². The van der Waals surface area contributed by atoms with Crippen LogP contribution in [0.25, 0.3) is 10.8 Å². The van der Waals surface area contributed by atoms with Crippen LogP contribution in [0.1, 0.15) is 31.9 Å².